The smallest absolute Gasteiger partial charge is 0.307 e. The number of anilines is 2. The second kappa shape index (κ2) is 8.75. The van der Waals surface area contributed by atoms with E-state index in [4.69, 9.17) is 0 Å². The van der Waals surface area contributed by atoms with Crippen LogP contribution in [0.5, 0.6) is 0 Å². The van der Waals surface area contributed by atoms with Crippen molar-refractivity contribution in [3.8, 4) is 0 Å². The van der Waals surface area contributed by atoms with E-state index in [-0.39, 0.29) is 10.7 Å². The summed E-state index contributed by atoms with van der Waals surface area (Å²) in [5, 5.41) is 12.0. The van der Waals surface area contributed by atoms with Gasteiger partial charge in [-0.3, -0.25) is 19.3 Å². The molecule has 3 aromatic rings. The molecule has 1 aromatic heterocycles. The van der Waals surface area contributed by atoms with E-state index in [1.807, 2.05) is 6.07 Å². The van der Waals surface area contributed by atoms with Crippen LogP contribution < -0.4 is 10.0 Å². The zero-order valence-corrected chi connectivity index (χ0v) is 17.6. The van der Waals surface area contributed by atoms with Crippen molar-refractivity contribution in [1.29, 1.82) is 0 Å². The summed E-state index contributed by atoms with van der Waals surface area (Å²) in [4.78, 5) is 32.4. The first-order valence-corrected chi connectivity index (χ1v) is 11.4. The molecule has 0 radical (unpaired) electrons. The van der Waals surface area contributed by atoms with Crippen LogP contribution in [0.1, 0.15) is 12.8 Å². The summed E-state index contributed by atoms with van der Waals surface area (Å²) in [5.74, 6) is -2.81. The number of nitrogens with one attached hydrogen (secondary N) is 2. The largest absolute Gasteiger partial charge is 0.481 e. The number of sulfonamides is 1. The normalized spacial score (nSPS) is 18.2. The molecule has 9 nitrogen and oxygen atoms in total. The molecule has 0 saturated carbocycles. The number of carbonyl (C=O) groups is 2. The summed E-state index contributed by atoms with van der Waals surface area (Å²) in [6.45, 7) is 0. The molecule has 1 amide bonds. The lowest BCUT2D eigenvalue weighted by Gasteiger charge is -2.24. The molecule has 32 heavy (non-hydrogen) atoms. The highest BCUT2D eigenvalue weighted by molar-refractivity contribution is 7.92. The molecule has 4 rings (SSSR count). The highest BCUT2D eigenvalue weighted by atomic mass is 32.2. The van der Waals surface area contributed by atoms with E-state index in [1.54, 1.807) is 30.4 Å². The number of rotatable bonds is 6. The number of aliphatic carboxylic acids is 1. The van der Waals surface area contributed by atoms with E-state index in [2.05, 4.69) is 20.0 Å². The molecule has 1 aliphatic carbocycles. The van der Waals surface area contributed by atoms with Gasteiger partial charge < -0.3 is 10.4 Å². The van der Waals surface area contributed by atoms with Crippen LogP contribution in [-0.2, 0) is 19.6 Å². The average molecular weight is 452 g/mol. The number of carboxylic acids is 1. The molecular weight excluding hydrogens is 432 g/mol. The molecule has 0 spiro atoms. The molecule has 1 heterocycles. The van der Waals surface area contributed by atoms with Gasteiger partial charge in [-0.1, -0.05) is 24.3 Å². The molecular formula is C22H20N4O5S. The Hall–Kier alpha value is -3.79. The third-order valence-corrected chi connectivity index (χ3v) is 6.58. The van der Waals surface area contributed by atoms with Gasteiger partial charge in [-0.25, -0.2) is 13.4 Å². The van der Waals surface area contributed by atoms with Crippen molar-refractivity contribution in [2.45, 2.75) is 17.7 Å². The monoisotopic (exact) mass is 452 g/mol. The van der Waals surface area contributed by atoms with Crippen LogP contribution in [0.4, 0.5) is 11.5 Å². The molecule has 2 atom stereocenters. The maximum absolute atomic E-state index is 12.7. The fourth-order valence-electron chi connectivity index (χ4n) is 3.53. The van der Waals surface area contributed by atoms with Gasteiger partial charge in [-0.2, -0.15) is 0 Å². The van der Waals surface area contributed by atoms with Crippen molar-refractivity contribution < 1.29 is 23.1 Å². The minimum Gasteiger partial charge on any atom is -0.481 e. The summed E-state index contributed by atoms with van der Waals surface area (Å²) in [5.41, 5.74) is 1.58. The van der Waals surface area contributed by atoms with Crippen molar-refractivity contribution in [3.63, 3.8) is 0 Å². The lowest BCUT2D eigenvalue weighted by atomic mass is 9.82. The van der Waals surface area contributed by atoms with Gasteiger partial charge in [0, 0.05) is 5.69 Å². The van der Waals surface area contributed by atoms with Gasteiger partial charge in [0.15, 0.2) is 5.82 Å². The number of carboxylic acid groups (broad SMARTS) is 1. The molecule has 2 aromatic carbocycles. The second-order valence-electron chi connectivity index (χ2n) is 7.36. The van der Waals surface area contributed by atoms with Crippen molar-refractivity contribution in [1.82, 2.24) is 9.97 Å². The number of hydrogen-bond acceptors (Lipinski definition) is 6. The number of hydrogen-bond donors (Lipinski definition) is 3. The molecule has 164 valence electrons. The third kappa shape index (κ3) is 4.59. The van der Waals surface area contributed by atoms with Gasteiger partial charge in [-0.15, -0.1) is 0 Å². The van der Waals surface area contributed by atoms with Crippen molar-refractivity contribution in [2.24, 2.45) is 11.8 Å². The van der Waals surface area contributed by atoms with Crippen molar-refractivity contribution in [3.05, 3.63) is 66.9 Å². The third-order valence-electron chi connectivity index (χ3n) is 5.21. The van der Waals surface area contributed by atoms with Crippen LogP contribution in [-0.4, -0.2) is 35.4 Å². The quantitative estimate of drug-likeness (QED) is 0.489. The van der Waals surface area contributed by atoms with Gasteiger partial charge >= 0.3 is 5.97 Å². The van der Waals surface area contributed by atoms with Crippen LogP contribution in [0.25, 0.3) is 11.0 Å². The van der Waals surface area contributed by atoms with Crippen LogP contribution in [0.3, 0.4) is 0 Å². The number of fused-ring (bicyclic) bond motifs is 1. The summed E-state index contributed by atoms with van der Waals surface area (Å²) >= 11 is 0. The topological polar surface area (TPSA) is 138 Å². The van der Waals surface area contributed by atoms with E-state index in [9.17, 15) is 23.1 Å². The maximum Gasteiger partial charge on any atom is 0.307 e. The number of carbonyl (C=O) groups excluding carboxylic acids is 1. The van der Waals surface area contributed by atoms with E-state index in [0.29, 0.717) is 29.6 Å². The zero-order valence-electron chi connectivity index (χ0n) is 16.8. The molecule has 10 heteroatoms. The first-order chi connectivity index (χ1) is 15.3. The van der Waals surface area contributed by atoms with Crippen LogP contribution in [0, 0.1) is 11.8 Å². The van der Waals surface area contributed by atoms with Crippen molar-refractivity contribution >= 4 is 44.4 Å². The summed E-state index contributed by atoms with van der Waals surface area (Å²) in [6, 6.07) is 12.7. The Morgan fingerprint density at radius 3 is 2.28 bits per heavy atom. The molecule has 0 bridgehead atoms. The Morgan fingerprint density at radius 2 is 1.59 bits per heavy atom. The fraction of sp³-hybridized carbons (Fsp3) is 0.182. The van der Waals surface area contributed by atoms with E-state index in [0.717, 1.165) is 0 Å². The van der Waals surface area contributed by atoms with Crippen LogP contribution in [0.2, 0.25) is 0 Å². The summed E-state index contributed by atoms with van der Waals surface area (Å²) in [7, 11) is -3.92. The van der Waals surface area contributed by atoms with Gasteiger partial charge in [0.05, 0.1) is 34.0 Å². The van der Waals surface area contributed by atoms with Gasteiger partial charge in [0.1, 0.15) is 0 Å². The molecule has 0 saturated heterocycles. The van der Waals surface area contributed by atoms with Gasteiger partial charge in [-0.05, 0) is 49.2 Å². The molecule has 1 aliphatic rings. The number of amides is 1. The molecule has 0 fully saturated rings. The Labute approximate surface area is 184 Å². The Morgan fingerprint density at radius 1 is 0.938 bits per heavy atom. The van der Waals surface area contributed by atoms with Crippen LogP contribution >= 0.6 is 0 Å². The standard InChI is InChI=1S/C22H20N4O5S/c27-21(16-5-1-2-6-17(16)22(28)29)24-14-9-11-15(12-10-14)32(30,31)26-20-13-23-18-7-3-4-8-19(18)25-20/h1-4,7-13,16-17H,5-6H2,(H,24,27)(H,25,26)(H,28,29)/t16-,17-/m0/s1. The Bertz CT molecular complexity index is 1310. The predicted octanol–water partition coefficient (Wildman–Crippen LogP) is 3.04. The second-order valence-corrected chi connectivity index (χ2v) is 9.04. The highest BCUT2D eigenvalue weighted by Gasteiger charge is 2.34. The highest BCUT2D eigenvalue weighted by Crippen LogP contribution is 2.27. The van der Waals surface area contributed by atoms with Crippen molar-refractivity contribution in [2.75, 3.05) is 10.0 Å². The number of allylic oxidation sites excluding steroid dienone is 2. The lowest BCUT2D eigenvalue weighted by molar-refractivity contribution is -0.146. The molecule has 0 aliphatic heterocycles. The SMILES string of the molecule is O=C(O)[C@H]1CC=CC[C@@H]1C(=O)Nc1ccc(S(=O)(=O)Nc2cnc3ccccc3n2)cc1. The lowest BCUT2D eigenvalue weighted by Crippen LogP contribution is -2.34. The predicted molar refractivity (Wildman–Crippen MR) is 118 cm³/mol. The minimum atomic E-state index is -3.92. The minimum absolute atomic E-state index is 0.0190. The van der Waals surface area contributed by atoms with Crippen LogP contribution in [0.15, 0.2) is 71.8 Å². The zero-order chi connectivity index (χ0) is 22.7. The average Bonchev–Trinajstić information content (AvgIpc) is 2.79. The van der Waals surface area contributed by atoms with E-state index < -0.39 is 33.7 Å². The van der Waals surface area contributed by atoms with E-state index >= 15 is 0 Å². The summed E-state index contributed by atoms with van der Waals surface area (Å²) in [6.07, 6.45) is 5.53. The number of para-hydroxylation sites is 2. The Kier molecular flexibility index (Phi) is 5.87. The number of nitrogens with zero attached hydrogens (tertiary/aromatic N) is 2. The first-order valence-electron chi connectivity index (χ1n) is 9.87. The molecule has 3 N–H and O–H groups in total. The maximum atomic E-state index is 12.7. The number of benzene rings is 2. The van der Waals surface area contributed by atoms with Gasteiger partial charge in [0.2, 0.25) is 5.91 Å². The Balaban J connectivity index is 1.46. The summed E-state index contributed by atoms with van der Waals surface area (Å²) < 4.78 is 27.8. The van der Waals surface area contributed by atoms with E-state index in [1.165, 1.54) is 30.5 Å². The first kappa shape index (κ1) is 21.4. The van der Waals surface area contributed by atoms with Gasteiger partial charge in [0.25, 0.3) is 10.0 Å². The fourth-order valence-corrected chi connectivity index (χ4v) is 4.52. The molecule has 0 unspecified atom stereocenters. The number of aromatic nitrogens is 2.